The van der Waals surface area contributed by atoms with Crippen LogP contribution in [0.4, 0.5) is 5.69 Å². The molecule has 0 radical (unpaired) electrons. The fraction of sp³-hybridized carbons (Fsp3) is 0.174. The minimum Gasteiger partial charge on any atom is -0.468 e. The first-order chi connectivity index (χ1) is 15.8. The predicted octanol–water partition coefficient (Wildman–Crippen LogP) is 2.58. The molecule has 4 rings (SSSR count). The summed E-state index contributed by atoms with van der Waals surface area (Å²) >= 11 is 0. The van der Waals surface area contributed by atoms with Gasteiger partial charge in [-0.3, -0.25) is 14.2 Å². The highest BCUT2D eigenvalue weighted by molar-refractivity contribution is 7.89. The van der Waals surface area contributed by atoms with Crippen molar-refractivity contribution >= 4 is 32.5 Å². The van der Waals surface area contributed by atoms with Crippen molar-refractivity contribution in [1.29, 1.82) is 0 Å². The number of amides is 1. The van der Waals surface area contributed by atoms with Crippen LogP contribution in [0.3, 0.4) is 0 Å². The number of nitrogens with one attached hydrogen (secondary N) is 2. The molecule has 9 nitrogen and oxygen atoms in total. The molecule has 0 aliphatic rings. The zero-order valence-corrected chi connectivity index (χ0v) is 18.6. The Morgan fingerprint density at radius 3 is 2.55 bits per heavy atom. The number of aryl methyl sites for hydroxylation is 1. The zero-order valence-electron chi connectivity index (χ0n) is 17.8. The molecular formula is C23H22N4O5S. The van der Waals surface area contributed by atoms with E-state index in [-0.39, 0.29) is 35.7 Å². The minimum absolute atomic E-state index is 0.0408. The molecule has 0 spiro atoms. The average molecular weight is 467 g/mol. The summed E-state index contributed by atoms with van der Waals surface area (Å²) in [4.78, 5) is 29.4. The van der Waals surface area contributed by atoms with Crippen LogP contribution in [0, 0.1) is 0 Å². The summed E-state index contributed by atoms with van der Waals surface area (Å²) in [5.74, 6) is 0.739. The molecule has 170 valence electrons. The molecule has 2 N–H and O–H groups in total. The summed E-state index contributed by atoms with van der Waals surface area (Å²) < 4.78 is 33.8. The number of carbonyl (C=O) groups excluding carboxylic acids is 1. The Morgan fingerprint density at radius 2 is 1.82 bits per heavy atom. The molecule has 0 aliphatic heterocycles. The Balaban J connectivity index is 1.37. The van der Waals surface area contributed by atoms with Gasteiger partial charge in [-0.2, -0.15) is 0 Å². The van der Waals surface area contributed by atoms with Crippen LogP contribution in [0.1, 0.15) is 18.0 Å². The smallest absolute Gasteiger partial charge is 0.261 e. The first kappa shape index (κ1) is 22.4. The van der Waals surface area contributed by atoms with Gasteiger partial charge in [-0.25, -0.2) is 18.1 Å². The quantitative estimate of drug-likeness (QED) is 0.411. The Kier molecular flexibility index (Phi) is 6.38. The van der Waals surface area contributed by atoms with Crippen molar-refractivity contribution in [1.82, 2.24) is 14.3 Å². The second-order valence-corrected chi connectivity index (χ2v) is 9.15. The fourth-order valence-corrected chi connectivity index (χ4v) is 4.31. The number of para-hydroxylation sites is 1. The van der Waals surface area contributed by atoms with Gasteiger partial charge in [-0.15, -0.1) is 0 Å². The largest absolute Gasteiger partial charge is 0.468 e. The number of carbonyl (C=O) groups is 1. The number of hydrogen-bond donors (Lipinski definition) is 2. The summed E-state index contributed by atoms with van der Waals surface area (Å²) in [5, 5.41) is 3.26. The fourth-order valence-electron chi connectivity index (χ4n) is 3.32. The van der Waals surface area contributed by atoms with Gasteiger partial charge in [0.1, 0.15) is 11.6 Å². The molecular weight excluding hydrogens is 444 g/mol. The second kappa shape index (κ2) is 9.39. The van der Waals surface area contributed by atoms with E-state index in [0.717, 1.165) is 0 Å². The molecule has 2 aromatic carbocycles. The molecule has 0 unspecified atom stereocenters. The summed E-state index contributed by atoms with van der Waals surface area (Å²) in [7, 11) is -2.08. The van der Waals surface area contributed by atoms with Gasteiger partial charge in [0.15, 0.2) is 0 Å². The number of furan rings is 1. The van der Waals surface area contributed by atoms with E-state index in [1.165, 1.54) is 35.1 Å². The van der Waals surface area contributed by atoms with Gasteiger partial charge >= 0.3 is 0 Å². The lowest BCUT2D eigenvalue weighted by atomic mass is 10.2. The molecule has 33 heavy (non-hydrogen) atoms. The van der Waals surface area contributed by atoms with E-state index >= 15 is 0 Å². The Bertz CT molecular complexity index is 1440. The van der Waals surface area contributed by atoms with Crippen LogP contribution in [-0.2, 0) is 34.8 Å². The molecule has 0 atom stereocenters. The molecule has 0 aliphatic carbocycles. The second-order valence-electron chi connectivity index (χ2n) is 7.39. The van der Waals surface area contributed by atoms with E-state index in [0.29, 0.717) is 28.2 Å². The average Bonchev–Trinajstić information content (AvgIpc) is 3.33. The third-order valence-electron chi connectivity index (χ3n) is 5.12. The first-order valence-electron chi connectivity index (χ1n) is 10.2. The van der Waals surface area contributed by atoms with Crippen molar-refractivity contribution in [3.05, 3.63) is 88.9 Å². The summed E-state index contributed by atoms with van der Waals surface area (Å²) in [6.45, 7) is 0.0408. The van der Waals surface area contributed by atoms with Gasteiger partial charge in [0.25, 0.3) is 5.56 Å². The van der Waals surface area contributed by atoms with E-state index in [1.54, 1.807) is 37.4 Å². The van der Waals surface area contributed by atoms with E-state index in [2.05, 4.69) is 15.0 Å². The van der Waals surface area contributed by atoms with Gasteiger partial charge in [0.2, 0.25) is 15.9 Å². The lowest BCUT2D eigenvalue weighted by molar-refractivity contribution is -0.116. The maximum atomic E-state index is 12.5. The van der Waals surface area contributed by atoms with Crippen molar-refractivity contribution in [2.24, 2.45) is 7.05 Å². The van der Waals surface area contributed by atoms with E-state index in [4.69, 9.17) is 4.42 Å². The summed E-state index contributed by atoms with van der Waals surface area (Å²) in [5.41, 5.74) is 0.896. The number of sulfonamides is 1. The van der Waals surface area contributed by atoms with Crippen LogP contribution in [0.2, 0.25) is 0 Å². The van der Waals surface area contributed by atoms with Crippen molar-refractivity contribution in [2.45, 2.75) is 24.3 Å². The molecule has 4 aromatic rings. The third kappa shape index (κ3) is 5.18. The molecule has 0 fully saturated rings. The van der Waals surface area contributed by atoms with Gasteiger partial charge in [-0.05, 0) is 48.5 Å². The molecule has 0 saturated carbocycles. The van der Waals surface area contributed by atoms with E-state index in [1.807, 2.05) is 6.07 Å². The van der Waals surface area contributed by atoms with Crippen molar-refractivity contribution in [3.63, 3.8) is 0 Å². The van der Waals surface area contributed by atoms with Crippen LogP contribution in [0.5, 0.6) is 0 Å². The van der Waals surface area contributed by atoms with Crippen molar-refractivity contribution < 1.29 is 17.6 Å². The third-order valence-corrected chi connectivity index (χ3v) is 6.53. The number of hydrogen-bond acceptors (Lipinski definition) is 6. The Labute approximate surface area is 190 Å². The normalized spacial score (nSPS) is 11.5. The van der Waals surface area contributed by atoms with Crippen LogP contribution in [0.15, 0.2) is 81.0 Å². The standard InChI is InChI=1S/C23H22N4O5S/c1-27-21(26-20-7-3-2-6-19(20)23(27)29)12-13-22(28)25-16-8-10-18(11-9-16)33(30,31)24-15-17-5-4-14-32-17/h2-11,14,24H,12-13,15H2,1H3,(H,25,28). The van der Waals surface area contributed by atoms with E-state index < -0.39 is 10.0 Å². The summed E-state index contributed by atoms with van der Waals surface area (Å²) in [6, 6.07) is 16.3. The highest BCUT2D eigenvalue weighted by atomic mass is 32.2. The number of nitrogens with zero attached hydrogens (tertiary/aromatic N) is 2. The minimum atomic E-state index is -3.72. The Hall–Kier alpha value is -3.76. The first-order valence-corrected chi connectivity index (χ1v) is 11.7. The lowest BCUT2D eigenvalue weighted by Crippen LogP contribution is -2.24. The number of rotatable bonds is 8. The van der Waals surface area contributed by atoms with Crippen molar-refractivity contribution in [2.75, 3.05) is 5.32 Å². The highest BCUT2D eigenvalue weighted by Gasteiger charge is 2.15. The van der Waals surface area contributed by atoms with Crippen LogP contribution >= 0.6 is 0 Å². The lowest BCUT2D eigenvalue weighted by Gasteiger charge is -2.10. The molecule has 1 amide bonds. The van der Waals surface area contributed by atoms with Gasteiger partial charge < -0.3 is 9.73 Å². The number of aromatic nitrogens is 2. The summed E-state index contributed by atoms with van der Waals surface area (Å²) in [6.07, 6.45) is 1.87. The molecule has 10 heteroatoms. The number of fused-ring (bicyclic) bond motifs is 1. The molecule has 2 heterocycles. The monoisotopic (exact) mass is 466 g/mol. The molecule has 0 bridgehead atoms. The topological polar surface area (TPSA) is 123 Å². The van der Waals surface area contributed by atoms with Gasteiger partial charge in [0, 0.05) is 25.6 Å². The van der Waals surface area contributed by atoms with Gasteiger partial charge in [-0.1, -0.05) is 12.1 Å². The molecule has 2 aromatic heterocycles. The maximum Gasteiger partial charge on any atom is 0.261 e. The molecule has 0 saturated heterocycles. The zero-order chi connectivity index (χ0) is 23.4. The van der Waals surface area contributed by atoms with Crippen LogP contribution in [0.25, 0.3) is 10.9 Å². The van der Waals surface area contributed by atoms with Gasteiger partial charge in [0.05, 0.1) is 28.6 Å². The number of benzene rings is 2. The predicted molar refractivity (Wildman–Crippen MR) is 123 cm³/mol. The highest BCUT2D eigenvalue weighted by Crippen LogP contribution is 2.15. The maximum absolute atomic E-state index is 12.5. The SMILES string of the molecule is Cn1c(CCC(=O)Nc2ccc(S(=O)(=O)NCc3ccco3)cc2)nc2ccccc2c1=O. The van der Waals surface area contributed by atoms with Crippen LogP contribution < -0.4 is 15.6 Å². The number of anilines is 1. The van der Waals surface area contributed by atoms with Crippen molar-refractivity contribution in [3.8, 4) is 0 Å². The van der Waals surface area contributed by atoms with E-state index in [9.17, 15) is 18.0 Å². The Morgan fingerprint density at radius 1 is 1.06 bits per heavy atom. The van der Waals surface area contributed by atoms with Crippen LogP contribution in [-0.4, -0.2) is 23.9 Å².